The summed E-state index contributed by atoms with van der Waals surface area (Å²) in [7, 11) is 4.73. The number of benzene rings is 1. The molecule has 0 saturated carbocycles. The molecular formula is C18H22N4O5S2. The molecule has 0 radical (unpaired) electrons. The van der Waals surface area contributed by atoms with Crippen LogP contribution in [0.2, 0.25) is 0 Å². The summed E-state index contributed by atoms with van der Waals surface area (Å²) in [6.07, 6.45) is 0.112. The van der Waals surface area contributed by atoms with Crippen LogP contribution < -0.4 is 19.7 Å². The van der Waals surface area contributed by atoms with Gasteiger partial charge in [0, 0.05) is 31.9 Å². The number of carbonyl (C=O) groups excluding carboxylic acids is 2. The van der Waals surface area contributed by atoms with Crippen molar-refractivity contribution in [2.24, 2.45) is 5.92 Å². The molecule has 0 bridgehead atoms. The second-order valence-corrected chi connectivity index (χ2v) is 8.47. The highest BCUT2D eigenvalue weighted by atomic mass is 32.2. The van der Waals surface area contributed by atoms with Crippen LogP contribution in [0, 0.1) is 5.92 Å². The summed E-state index contributed by atoms with van der Waals surface area (Å²) < 4.78 is 16.4. The minimum absolute atomic E-state index is 0.112. The lowest BCUT2D eigenvalue weighted by Crippen LogP contribution is -2.28. The largest absolute Gasteiger partial charge is 0.497 e. The number of hydrogen-bond donors (Lipinski definition) is 1. The Balaban J connectivity index is 1.65. The number of anilines is 2. The molecule has 1 aromatic carbocycles. The minimum Gasteiger partial charge on any atom is -0.497 e. The van der Waals surface area contributed by atoms with Crippen molar-refractivity contribution in [1.82, 2.24) is 10.2 Å². The molecule has 2 aromatic rings. The fourth-order valence-corrected chi connectivity index (χ4v) is 4.59. The van der Waals surface area contributed by atoms with Gasteiger partial charge in [-0.3, -0.25) is 9.59 Å². The monoisotopic (exact) mass is 438 g/mol. The maximum absolute atomic E-state index is 12.7. The highest BCUT2D eigenvalue weighted by Gasteiger charge is 2.36. The van der Waals surface area contributed by atoms with Crippen LogP contribution in [0.25, 0.3) is 0 Å². The third-order valence-electron chi connectivity index (χ3n) is 4.32. The van der Waals surface area contributed by atoms with Gasteiger partial charge in [0.2, 0.25) is 16.9 Å². The molecule has 3 rings (SSSR count). The van der Waals surface area contributed by atoms with Crippen molar-refractivity contribution in [3.63, 3.8) is 0 Å². The molecule has 1 aliphatic heterocycles. The van der Waals surface area contributed by atoms with Crippen molar-refractivity contribution in [3.8, 4) is 11.5 Å². The summed E-state index contributed by atoms with van der Waals surface area (Å²) in [5, 5.41) is 11.2. The molecule has 1 aliphatic rings. The molecule has 1 N–H and O–H groups in total. The van der Waals surface area contributed by atoms with Crippen LogP contribution in [0.1, 0.15) is 6.42 Å². The minimum atomic E-state index is -0.494. The third kappa shape index (κ3) is 5.17. The summed E-state index contributed by atoms with van der Waals surface area (Å²) in [4.78, 5) is 26.8. The van der Waals surface area contributed by atoms with Crippen LogP contribution in [0.4, 0.5) is 10.8 Å². The topological polar surface area (TPSA) is 103 Å². The fraction of sp³-hybridized carbons (Fsp3) is 0.444. The average molecular weight is 439 g/mol. The van der Waals surface area contributed by atoms with E-state index < -0.39 is 5.92 Å². The van der Waals surface area contributed by atoms with E-state index >= 15 is 0 Å². The SMILES string of the molecule is COCCSc1nnc(NC(=O)[C@H]2CC(=O)N(c3cc(OC)ccc3OC)C2)s1. The normalized spacial score (nSPS) is 16.2. The highest BCUT2D eigenvalue weighted by Crippen LogP contribution is 2.36. The number of ether oxygens (including phenoxy) is 3. The Bertz CT molecular complexity index is 876. The van der Waals surface area contributed by atoms with Gasteiger partial charge in [-0.2, -0.15) is 0 Å². The smallest absolute Gasteiger partial charge is 0.231 e. The molecule has 1 aromatic heterocycles. The quantitative estimate of drug-likeness (QED) is 0.361. The summed E-state index contributed by atoms with van der Waals surface area (Å²) in [6, 6.07) is 5.22. The standard InChI is InChI=1S/C18H22N4O5S2/c1-25-6-7-28-18-21-20-17(29-18)19-16(24)11-8-15(23)22(10-11)13-9-12(26-2)4-5-14(13)27-3/h4-5,9,11H,6-8,10H2,1-3H3,(H,19,20,24)/t11-/m0/s1. The summed E-state index contributed by atoms with van der Waals surface area (Å²) >= 11 is 2.81. The van der Waals surface area contributed by atoms with Gasteiger partial charge in [-0.05, 0) is 12.1 Å². The Morgan fingerprint density at radius 3 is 2.86 bits per heavy atom. The van der Waals surface area contributed by atoms with Crippen LogP contribution in [0.3, 0.4) is 0 Å². The molecule has 0 spiro atoms. The van der Waals surface area contributed by atoms with Crippen LogP contribution in [-0.2, 0) is 14.3 Å². The van der Waals surface area contributed by atoms with Gasteiger partial charge in [0.15, 0.2) is 4.34 Å². The summed E-state index contributed by atoms with van der Waals surface area (Å²) in [5.41, 5.74) is 0.583. The number of thioether (sulfide) groups is 1. The van der Waals surface area contributed by atoms with E-state index in [0.717, 1.165) is 10.1 Å². The average Bonchev–Trinajstić information content (AvgIpc) is 3.34. The molecule has 2 amide bonds. The maximum atomic E-state index is 12.7. The van der Waals surface area contributed by atoms with Crippen molar-refractivity contribution in [2.75, 3.05) is 50.5 Å². The molecule has 0 unspecified atom stereocenters. The lowest BCUT2D eigenvalue weighted by molar-refractivity contribution is -0.122. The summed E-state index contributed by atoms with van der Waals surface area (Å²) in [6.45, 7) is 0.863. The predicted molar refractivity (Wildman–Crippen MR) is 111 cm³/mol. The van der Waals surface area contributed by atoms with E-state index in [0.29, 0.717) is 28.9 Å². The van der Waals surface area contributed by atoms with E-state index in [9.17, 15) is 9.59 Å². The van der Waals surface area contributed by atoms with Crippen molar-refractivity contribution in [3.05, 3.63) is 18.2 Å². The zero-order valence-electron chi connectivity index (χ0n) is 16.3. The van der Waals surface area contributed by atoms with E-state index in [1.54, 1.807) is 37.3 Å². The number of methoxy groups -OCH3 is 3. The zero-order chi connectivity index (χ0) is 20.8. The predicted octanol–water partition coefficient (Wildman–Crippen LogP) is 2.29. The van der Waals surface area contributed by atoms with Gasteiger partial charge in [0.1, 0.15) is 11.5 Å². The molecule has 29 heavy (non-hydrogen) atoms. The number of carbonyl (C=O) groups is 2. The Kier molecular flexibility index (Phi) is 7.29. The van der Waals surface area contributed by atoms with E-state index in [2.05, 4.69) is 15.5 Å². The first-order chi connectivity index (χ1) is 14.0. The molecule has 11 heteroatoms. The highest BCUT2D eigenvalue weighted by molar-refractivity contribution is 8.01. The number of aromatic nitrogens is 2. The first-order valence-electron chi connectivity index (χ1n) is 8.84. The molecular weight excluding hydrogens is 416 g/mol. The molecule has 156 valence electrons. The number of nitrogens with one attached hydrogen (secondary N) is 1. The van der Waals surface area contributed by atoms with Gasteiger partial charge in [0.05, 0.1) is 32.4 Å². The third-order valence-corrected chi connectivity index (χ3v) is 6.26. The fourth-order valence-electron chi connectivity index (χ4n) is 2.86. The van der Waals surface area contributed by atoms with Gasteiger partial charge in [0.25, 0.3) is 0 Å². The first-order valence-corrected chi connectivity index (χ1v) is 10.6. The van der Waals surface area contributed by atoms with Crippen molar-refractivity contribution >= 4 is 45.7 Å². The lowest BCUT2D eigenvalue weighted by Gasteiger charge is -2.20. The second kappa shape index (κ2) is 9.90. The molecule has 0 aliphatic carbocycles. The van der Waals surface area contributed by atoms with Crippen LogP contribution >= 0.6 is 23.1 Å². The molecule has 2 heterocycles. The van der Waals surface area contributed by atoms with E-state index in [-0.39, 0.29) is 24.8 Å². The van der Waals surface area contributed by atoms with E-state index in [1.807, 2.05) is 0 Å². The van der Waals surface area contributed by atoms with E-state index in [4.69, 9.17) is 14.2 Å². The van der Waals surface area contributed by atoms with Crippen LogP contribution in [0.15, 0.2) is 22.5 Å². The maximum Gasteiger partial charge on any atom is 0.231 e. The number of nitrogens with zero attached hydrogens (tertiary/aromatic N) is 3. The second-order valence-electron chi connectivity index (χ2n) is 6.15. The van der Waals surface area contributed by atoms with Crippen molar-refractivity contribution < 1.29 is 23.8 Å². The van der Waals surface area contributed by atoms with Gasteiger partial charge in [-0.15, -0.1) is 10.2 Å². The van der Waals surface area contributed by atoms with Gasteiger partial charge >= 0.3 is 0 Å². The zero-order valence-corrected chi connectivity index (χ0v) is 18.0. The van der Waals surface area contributed by atoms with E-state index in [1.165, 1.54) is 30.2 Å². The Labute approximate surface area is 176 Å². The number of hydrogen-bond acceptors (Lipinski definition) is 9. The van der Waals surface area contributed by atoms with Crippen LogP contribution in [-0.4, -0.2) is 62.2 Å². The first kappa shape index (κ1) is 21.3. The lowest BCUT2D eigenvalue weighted by atomic mass is 10.1. The van der Waals surface area contributed by atoms with Crippen LogP contribution in [0.5, 0.6) is 11.5 Å². The van der Waals surface area contributed by atoms with Gasteiger partial charge in [-0.25, -0.2) is 0 Å². The van der Waals surface area contributed by atoms with Gasteiger partial charge in [-0.1, -0.05) is 23.1 Å². The molecule has 1 atom stereocenters. The van der Waals surface area contributed by atoms with Gasteiger partial charge < -0.3 is 24.4 Å². The number of rotatable bonds is 9. The molecule has 1 saturated heterocycles. The molecule has 1 fully saturated rings. The molecule has 9 nitrogen and oxygen atoms in total. The number of amides is 2. The van der Waals surface area contributed by atoms with Crippen molar-refractivity contribution in [2.45, 2.75) is 10.8 Å². The Hall–Kier alpha value is -2.37. The summed E-state index contributed by atoms with van der Waals surface area (Å²) in [5.74, 6) is 1.01. The Morgan fingerprint density at radius 2 is 2.14 bits per heavy atom. The van der Waals surface area contributed by atoms with Crippen molar-refractivity contribution in [1.29, 1.82) is 0 Å². The Morgan fingerprint density at radius 1 is 1.31 bits per heavy atom.